The Hall–Kier alpha value is -2.48. The van der Waals surface area contributed by atoms with Gasteiger partial charge in [-0.15, -0.1) is 11.8 Å². The van der Waals surface area contributed by atoms with Crippen LogP contribution in [0.2, 0.25) is 0 Å². The number of carbonyl (C=O) groups is 2. The number of alkyl halides is 3. The average molecular weight is 434 g/mol. The van der Waals surface area contributed by atoms with Gasteiger partial charge in [-0.25, -0.2) is 0 Å². The summed E-state index contributed by atoms with van der Waals surface area (Å²) in [5, 5.41) is 1.85. The van der Waals surface area contributed by atoms with Crippen LogP contribution in [0, 0.1) is 0 Å². The minimum atomic E-state index is -4.48. The van der Waals surface area contributed by atoms with Crippen molar-refractivity contribution in [3.63, 3.8) is 0 Å². The lowest BCUT2D eigenvalue weighted by Crippen LogP contribution is -2.38. The Balaban J connectivity index is 1.47. The number of hydrogen-bond donors (Lipinski definition) is 1. The molecular formula is C22H21F3N2O2S. The normalized spacial score (nSPS) is 20.7. The number of fused-ring (bicyclic) bond motifs is 2. The maximum Gasteiger partial charge on any atom is 0.416 e. The molecule has 2 aromatic carbocycles. The van der Waals surface area contributed by atoms with Crippen molar-refractivity contribution in [3.05, 3.63) is 59.2 Å². The lowest BCUT2D eigenvalue weighted by molar-refractivity contribution is -0.137. The molecule has 0 radical (unpaired) electrons. The number of anilines is 1. The van der Waals surface area contributed by atoms with Crippen LogP contribution >= 0.6 is 11.8 Å². The van der Waals surface area contributed by atoms with Gasteiger partial charge in [-0.1, -0.05) is 24.3 Å². The molecule has 0 unspecified atom stereocenters. The summed E-state index contributed by atoms with van der Waals surface area (Å²) >= 11 is 1.14. The monoisotopic (exact) mass is 434 g/mol. The number of carbonyl (C=O) groups excluding carboxylic acids is 2. The highest BCUT2D eigenvalue weighted by Gasteiger charge is 2.35. The Bertz CT molecular complexity index is 993. The summed E-state index contributed by atoms with van der Waals surface area (Å²) in [5.41, 5.74) is 1.71. The molecule has 4 nitrogen and oxygen atoms in total. The number of aryl methyl sites for hydroxylation is 1. The molecule has 8 heteroatoms. The van der Waals surface area contributed by atoms with Crippen molar-refractivity contribution >= 4 is 29.3 Å². The van der Waals surface area contributed by atoms with E-state index in [4.69, 9.17) is 0 Å². The summed E-state index contributed by atoms with van der Waals surface area (Å²) in [7, 11) is 1.75. The fraction of sp³-hybridized carbons (Fsp3) is 0.364. The van der Waals surface area contributed by atoms with Gasteiger partial charge in [-0.2, -0.15) is 13.2 Å². The summed E-state index contributed by atoms with van der Waals surface area (Å²) < 4.78 is 38.7. The zero-order valence-electron chi connectivity index (χ0n) is 16.3. The fourth-order valence-electron chi connectivity index (χ4n) is 4.07. The van der Waals surface area contributed by atoms with Crippen LogP contribution in [0.15, 0.2) is 47.4 Å². The van der Waals surface area contributed by atoms with E-state index in [1.807, 2.05) is 18.2 Å². The molecule has 0 saturated carbocycles. The van der Waals surface area contributed by atoms with Crippen molar-refractivity contribution in [2.24, 2.45) is 0 Å². The molecule has 1 heterocycles. The third kappa shape index (κ3) is 4.05. The molecule has 2 aromatic rings. The molecule has 0 spiro atoms. The molecule has 1 aliphatic carbocycles. The van der Waals surface area contributed by atoms with E-state index < -0.39 is 22.9 Å². The van der Waals surface area contributed by atoms with Crippen molar-refractivity contribution in [1.29, 1.82) is 0 Å². The second kappa shape index (κ2) is 7.98. The number of halogens is 3. The molecule has 2 amide bonds. The van der Waals surface area contributed by atoms with Crippen LogP contribution in [0.3, 0.4) is 0 Å². The van der Waals surface area contributed by atoms with Crippen LogP contribution in [0.4, 0.5) is 18.9 Å². The lowest BCUT2D eigenvalue weighted by Gasteiger charge is -2.34. The van der Waals surface area contributed by atoms with Gasteiger partial charge in [-0.3, -0.25) is 9.59 Å². The van der Waals surface area contributed by atoms with Gasteiger partial charge < -0.3 is 10.2 Å². The number of amides is 2. The standard InChI is InChI=1S/C22H21F3N2O2S/c1-27(17-8-4-6-13-5-2-3-7-15(13)17)20(28)12-19-21(29)26-16-11-14(22(23,24)25)9-10-18(16)30-19/h2-3,5,7,9-11,17,19H,4,6,8,12H2,1H3,(H,26,29)/t17-,19-/m0/s1. The van der Waals surface area contributed by atoms with E-state index >= 15 is 0 Å². The van der Waals surface area contributed by atoms with E-state index in [1.54, 1.807) is 11.9 Å². The Morgan fingerprint density at radius 1 is 1.23 bits per heavy atom. The highest BCUT2D eigenvalue weighted by Crippen LogP contribution is 2.41. The third-order valence-corrected chi connectivity index (χ3v) is 6.96. The second-order valence-electron chi connectivity index (χ2n) is 7.62. The van der Waals surface area contributed by atoms with Gasteiger partial charge in [0.05, 0.1) is 22.5 Å². The van der Waals surface area contributed by atoms with Gasteiger partial charge in [0.1, 0.15) is 0 Å². The van der Waals surface area contributed by atoms with Crippen LogP contribution in [0.1, 0.15) is 42.0 Å². The van der Waals surface area contributed by atoms with E-state index in [-0.39, 0.29) is 24.1 Å². The Morgan fingerprint density at radius 3 is 2.77 bits per heavy atom. The molecule has 1 aliphatic heterocycles. The number of thioether (sulfide) groups is 1. The van der Waals surface area contributed by atoms with Crippen LogP contribution in [-0.2, 0) is 22.2 Å². The van der Waals surface area contributed by atoms with Gasteiger partial charge in [0, 0.05) is 18.4 Å². The van der Waals surface area contributed by atoms with Crippen LogP contribution in [-0.4, -0.2) is 29.0 Å². The molecule has 2 atom stereocenters. The molecule has 0 bridgehead atoms. The predicted molar refractivity (Wildman–Crippen MR) is 109 cm³/mol. The SMILES string of the molecule is CN(C(=O)C[C@@H]1Sc2ccc(C(F)(F)F)cc2NC1=O)[C@H]1CCCc2ccccc21. The second-order valence-corrected chi connectivity index (χ2v) is 8.86. The molecular weight excluding hydrogens is 413 g/mol. The first-order valence-electron chi connectivity index (χ1n) is 9.76. The minimum Gasteiger partial charge on any atom is -0.339 e. The minimum absolute atomic E-state index is 0.00781. The number of nitrogens with one attached hydrogen (secondary N) is 1. The highest BCUT2D eigenvalue weighted by atomic mass is 32.2. The van der Waals surface area contributed by atoms with Gasteiger partial charge in [-0.05, 0) is 48.6 Å². The number of hydrogen-bond acceptors (Lipinski definition) is 3. The summed E-state index contributed by atoms with van der Waals surface area (Å²) in [6.07, 6.45) is -1.63. The van der Waals surface area contributed by atoms with E-state index in [2.05, 4.69) is 11.4 Å². The number of rotatable bonds is 3. The zero-order chi connectivity index (χ0) is 21.5. The number of nitrogens with zero attached hydrogens (tertiary/aromatic N) is 1. The van der Waals surface area contributed by atoms with E-state index in [9.17, 15) is 22.8 Å². The van der Waals surface area contributed by atoms with Crippen LogP contribution in [0.5, 0.6) is 0 Å². The average Bonchev–Trinajstić information content (AvgIpc) is 2.72. The lowest BCUT2D eigenvalue weighted by atomic mass is 9.87. The number of benzene rings is 2. The smallest absolute Gasteiger partial charge is 0.339 e. The maximum atomic E-state index is 12.9. The zero-order valence-corrected chi connectivity index (χ0v) is 17.1. The largest absolute Gasteiger partial charge is 0.416 e. The van der Waals surface area contributed by atoms with Crippen molar-refractivity contribution < 1.29 is 22.8 Å². The van der Waals surface area contributed by atoms with Gasteiger partial charge in [0.25, 0.3) is 0 Å². The Labute approximate surface area is 176 Å². The molecule has 0 aromatic heterocycles. The first-order chi connectivity index (χ1) is 14.2. The van der Waals surface area contributed by atoms with Crippen LogP contribution < -0.4 is 5.32 Å². The highest BCUT2D eigenvalue weighted by molar-refractivity contribution is 8.01. The first-order valence-corrected chi connectivity index (χ1v) is 10.6. The van der Waals surface area contributed by atoms with Gasteiger partial charge in [0.15, 0.2) is 0 Å². The quantitative estimate of drug-likeness (QED) is 0.736. The van der Waals surface area contributed by atoms with Crippen molar-refractivity contribution in [2.75, 3.05) is 12.4 Å². The van der Waals surface area contributed by atoms with E-state index in [0.29, 0.717) is 4.90 Å². The summed E-state index contributed by atoms with van der Waals surface area (Å²) in [5.74, 6) is -0.600. The molecule has 0 saturated heterocycles. The molecule has 30 heavy (non-hydrogen) atoms. The summed E-state index contributed by atoms with van der Waals surface area (Å²) in [4.78, 5) is 27.6. The van der Waals surface area contributed by atoms with Crippen LogP contribution in [0.25, 0.3) is 0 Å². The van der Waals surface area contributed by atoms with Crippen molar-refractivity contribution in [3.8, 4) is 0 Å². The summed E-state index contributed by atoms with van der Waals surface area (Å²) in [6, 6.07) is 11.3. The van der Waals surface area contributed by atoms with Crippen molar-refractivity contribution in [1.82, 2.24) is 4.90 Å². The van der Waals surface area contributed by atoms with E-state index in [1.165, 1.54) is 11.6 Å². The molecule has 1 N–H and O–H groups in total. The third-order valence-electron chi connectivity index (χ3n) is 5.69. The predicted octanol–water partition coefficient (Wildman–Crippen LogP) is 5.04. The maximum absolute atomic E-state index is 12.9. The molecule has 158 valence electrons. The van der Waals surface area contributed by atoms with Gasteiger partial charge >= 0.3 is 6.18 Å². The fourth-order valence-corrected chi connectivity index (χ4v) is 5.15. The molecule has 2 aliphatic rings. The first kappa shape index (κ1) is 20.8. The van der Waals surface area contributed by atoms with E-state index in [0.717, 1.165) is 48.7 Å². The molecule has 0 fully saturated rings. The Morgan fingerprint density at radius 2 is 2.00 bits per heavy atom. The topological polar surface area (TPSA) is 49.4 Å². The molecule has 4 rings (SSSR count). The van der Waals surface area contributed by atoms with Crippen molar-refractivity contribution in [2.45, 2.75) is 48.0 Å². The summed E-state index contributed by atoms with van der Waals surface area (Å²) in [6.45, 7) is 0. The Kier molecular flexibility index (Phi) is 5.53. The van der Waals surface area contributed by atoms with Gasteiger partial charge in [0.2, 0.25) is 11.8 Å².